The van der Waals surface area contributed by atoms with Gasteiger partial charge in [-0.2, -0.15) is 9.47 Å². The Balaban J connectivity index is 2.06. The average molecular weight is 251 g/mol. The molecule has 2 rings (SSSR count). The third kappa shape index (κ3) is 2.44. The Labute approximate surface area is 103 Å². The highest BCUT2D eigenvalue weighted by atomic mass is 32.1. The lowest BCUT2D eigenvalue weighted by Crippen LogP contribution is -2.24. The van der Waals surface area contributed by atoms with E-state index in [1.54, 1.807) is 13.2 Å². The van der Waals surface area contributed by atoms with Gasteiger partial charge in [0.25, 0.3) is 5.91 Å². The van der Waals surface area contributed by atoms with Crippen LogP contribution < -0.4 is 10.6 Å². The van der Waals surface area contributed by atoms with Gasteiger partial charge in [0.05, 0.1) is 23.5 Å². The van der Waals surface area contributed by atoms with E-state index in [2.05, 4.69) is 25.2 Å². The molecule has 0 aliphatic heterocycles. The van der Waals surface area contributed by atoms with Crippen LogP contribution >= 0.6 is 11.5 Å². The number of nitrogens with one attached hydrogen (secondary N) is 3. The third-order valence-electron chi connectivity index (χ3n) is 2.31. The van der Waals surface area contributed by atoms with Crippen LogP contribution in [0.25, 0.3) is 0 Å². The molecule has 0 aliphatic carbocycles. The summed E-state index contributed by atoms with van der Waals surface area (Å²) in [5, 5.41) is 13.2. The Morgan fingerprint density at radius 3 is 3.06 bits per heavy atom. The van der Waals surface area contributed by atoms with E-state index in [0.29, 0.717) is 12.1 Å². The fourth-order valence-electron chi connectivity index (χ4n) is 1.45. The van der Waals surface area contributed by atoms with Crippen LogP contribution in [0.1, 0.15) is 21.7 Å². The number of amides is 1. The fourth-order valence-corrected chi connectivity index (χ4v) is 2.20. The lowest BCUT2D eigenvalue weighted by atomic mass is 10.2. The Bertz CT molecular complexity index is 505. The Hall–Kier alpha value is -1.89. The first kappa shape index (κ1) is 11.6. The van der Waals surface area contributed by atoms with Crippen LogP contribution in [-0.2, 0) is 6.54 Å². The maximum atomic E-state index is 12.0. The highest BCUT2D eigenvalue weighted by molar-refractivity contribution is 7.10. The molecule has 0 saturated heterocycles. The summed E-state index contributed by atoms with van der Waals surface area (Å²) in [6.45, 7) is 2.25. The predicted molar refractivity (Wildman–Crippen MR) is 66.2 cm³/mol. The summed E-state index contributed by atoms with van der Waals surface area (Å²) in [7, 11) is 1.78. The SMILES string of the molecule is CNc1snc(C)c1C(=O)NCc1ccn[nH]1. The van der Waals surface area contributed by atoms with Crippen LogP contribution in [0, 0.1) is 6.92 Å². The van der Waals surface area contributed by atoms with E-state index in [1.165, 1.54) is 11.5 Å². The number of carbonyl (C=O) groups excluding carboxylic acids is 1. The number of rotatable bonds is 4. The van der Waals surface area contributed by atoms with Gasteiger partial charge < -0.3 is 10.6 Å². The molecule has 2 aromatic rings. The predicted octanol–water partition coefficient (Wildman–Crippen LogP) is 1.15. The minimum Gasteiger partial charge on any atom is -0.378 e. The molecule has 0 fully saturated rings. The van der Waals surface area contributed by atoms with E-state index in [0.717, 1.165) is 16.4 Å². The van der Waals surface area contributed by atoms with Crippen molar-refractivity contribution in [2.45, 2.75) is 13.5 Å². The quantitative estimate of drug-likeness (QED) is 0.761. The Kier molecular flexibility index (Phi) is 3.38. The zero-order chi connectivity index (χ0) is 12.3. The molecular formula is C10H13N5OS. The number of anilines is 1. The number of H-pyrrole nitrogens is 1. The van der Waals surface area contributed by atoms with Crippen molar-refractivity contribution in [3.63, 3.8) is 0 Å². The number of hydrogen-bond donors (Lipinski definition) is 3. The van der Waals surface area contributed by atoms with Crippen molar-refractivity contribution in [3.8, 4) is 0 Å². The van der Waals surface area contributed by atoms with E-state index in [9.17, 15) is 4.79 Å². The van der Waals surface area contributed by atoms with Gasteiger partial charge in [0.2, 0.25) is 0 Å². The van der Waals surface area contributed by atoms with E-state index in [1.807, 2.05) is 13.0 Å². The van der Waals surface area contributed by atoms with Crippen molar-refractivity contribution >= 4 is 22.4 Å². The van der Waals surface area contributed by atoms with Crippen LogP contribution in [0.15, 0.2) is 12.3 Å². The van der Waals surface area contributed by atoms with Crippen molar-refractivity contribution in [2.75, 3.05) is 12.4 Å². The van der Waals surface area contributed by atoms with Gasteiger partial charge in [-0.15, -0.1) is 0 Å². The first-order chi connectivity index (χ1) is 8.22. The molecule has 0 radical (unpaired) electrons. The van der Waals surface area contributed by atoms with Crippen LogP contribution in [-0.4, -0.2) is 27.5 Å². The molecule has 90 valence electrons. The Morgan fingerprint density at radius 2 is 2.41 bits per heavy atom. The zero-order valence-electron chi connectivity index (χ0n) is 9.57. The summed E-state index contributed by atoms with van der Waals surface area (Å²) in [5.41, 5.74) is 2.21. The van der Waals surface area contributed by atoms with E-state index in [4.69, 9.17) is 0 Å². The summed E-state index contributed by atoms with van der Waals surface area (Å²) in [4.78, 5) is 12.0. The van der Waals surface area contributed by atoms with Crippen molar-refractivity contribution in [2.24, 2.45) is 0 Å². The molecule has 0 atom stereocenters. The van der Waals surface area contributed by atoms with Crippen LogP contribution in [0.3, 0.4) is 0 Å². The first-order valence-electron chi connectivity index (χ1n) is 5.13. The molecule has 1 amide bonds. The number of carbonyl (C=O) groups is 1. The first-order valence-corrected chi connectivity index (χ1v) is 5.90. The van der Waals surface area contributed by atoms with Crippen molar-refractivity contribution in [1.29, 1.82) is 0 Å². The van der Waals surface area contributed by atoms with Crippen molar-refractivity contribution in [1.82, 2.24) is 19.9 Å². The second-order valence-electron chi connectivity index (χ2n) is 3.49. The second kappa shape index (κ2) is 4.96. The molecular weight excluding hydrogens is 238 g/mol. The van der Waals surface area contributed by atoms with E-state index < -0.39 is 0 Å². The van der Waals surface area contributed by atoms with Crippen molar-refractivity contribution < 1.29 is 4.79 Å². The minimum absolute atomic E-state index is 0.129. The van der Waals surface area contributed by atoms with E-state index in [-0.39, 0.29) is 5.91 Å². The molecule has 0 aliphatic rings. The van der Waals surface area contributed by atoms with Gasteiger partial charge in [-0.3, -0.25) is 9.89 Å². The standard InChI is InChI=1S/C10H13N5OS/c1-6-8(10(11-2)17-15-6)9(16)12-5-7-3-4-13-14-7/h3-4,11H,5H2,1-2H3,(H,12,16)(H,13,14). The van der Waals surface area contributed by atoms with Gasteiger partial charge >= 0.3 is 0 Å². The van der Waals surface area contributed by atoms with Crippen LogP contribution in [0.2, 0.25) is 0 Å². The topological polar surface area (TPSA) is 82.7 Å². The van der Waals surface area contributed by atoms with E-state index >= 15 is 0 Å². The molecule has 2 aromatic heterocycles. The smallest absolute Gasteiger partial charge is 0.256 e. The van der Waals surface area contributed by atoms with Crippen molar-refractivity contribution in [3.05, 3.63) is 29.2 Å². The van der Waals surface area contributed by atoms with Gasteiger partial charge in [-0.25, -0.2) is 0 Å². The maximum absolute atomic E-state index is 12.0. The number of nitrogens with zero attached hydrogens (tertiary/aromatic N) is 2. The van der Waals surface area contributed by atoms with Crippen LogP contribution in [0.5, 0.6) is 0 Å². The van der Waals surface area contributed by atoms with Crippen LogP contribution in [0.4, 0.5) is 5.00 Å². The van der Waals surface area contributed by atoms with Gasteiger partial charge in [0, 0.05) is 13.2 Å². The second-order valence-corrected chi connectivity index (χ2v) is 4.26. The van der Waals surface area contributed by atoms with Gasteiger partial charge in [0.1, 0.15) is 5.00 Å². The molecule has 0 spiro atoms. The molecule has 7 heteroatoms. The molecule has 0 bridgehead atoms. The lowest BCUT2D eigenvalue weighted by Gasteiger charge is -2.04. The number of aryl methyl sites for hydroxylation is 1. The fraction of sp³-hybridized carbons (Fsp3) is 0.300. The lowest BCUT2D eigenvalue weighted by molar-refractivity contribution is 0.0951. The van der Waals surface area contributed by atoms with Gasteiger partial charge in [-0.1, -0.05) is 0 Å². The molecule has 0 unspecified atom stereocenters. The molecule has 2 heterocycles. The van der Waals surface area contributed by atoms with Gasteiger partial charge in [0.15, 0.2) is 0 Å². The molecule has 0 aromatic carbocycles. The summed E-state index contributed by atoms with van der Waals surface area (Å²) >= 11 is 1.29. The number of hydrogen-bond acceptors (Lipinski definition) is 5. The zero-order valence-corrected chi connectivity index (χ0v) is 10.4. The number of aromatic amines is 1. The number of aromatic nitrogens is 3. The summed E-state index contributed by atoms with van der Waals surface area (Å²) in [6.07, 6.45) is 1.65. The monoisotopic (exact) mass is 251 g/mol. The minimum atomic E-state index is -0.129. The summed E-state index contributed by atoms with van der Waals surface area (Å²) < 4.78 is 4.15. The molecule has 17 heavy (non-hydrogen) atoms. The summed E-state index contributed by atoms with van der Waals surface area (Å²) in [6, 6.07) is 1.82. The summed E-state index contributed by atoms with van der Waals surface area (Å²) in [5.74, 6) is -0.129. The highest BCUT2D eigenvalue weighted by Crippen LogP contribution is 2.23. The largest absolute Gasteiger partial charge is 0.378 e. The molecule has 0 saturated carbocycles. The Morgan fingerprint density at radius 1 is 1.59 bits per heavy atom. The van der Waals surface area contributed by atoms with Gasteiger partial charge in [-0.05, 0) is 24.5 Å². The normalized spacial score (nSPS) is 10.2. The average Bonchev–Trinajstić information content (AvgIpc) is 2.94. The third-order valence-corrected chi connectivity index (χ3v) is 3.27. The maximum Gasteiger partial charge on any atom is 0.256 e. The molecule has 6 nitrogen and oxygen atoms in total. The molecule has 3 N–H and O–H groups in total. The highest BCUT2D eigenvalue weighted by Gasteiger charge is 2.17.